The summed E-state index contributed by atoms with van der Waals surface area (Å²) in [5.74, 6) is 0.175. The molecule has 1 saturated heterocycles. The van der Waals surface area contributed by atoms with Crippen molar-refractivity contribution in [1.82, 2.24) is 15.3 Å². The summed E-state index contributed by atoms with van der Waals surface area (Å²) >= 11 is 0. The monoisotopic (exact) mass is 358 g/mol. The van der Waals surface area contributed by atoms with Crippen LogP contribution in [0, 0.1) is 5.82 Å². The number of benzene rings is 1. The number of amides is 1. The molecule has 0 atom stereocenters. The minimum atomic E-state index is -0.299. The van der Waals surface area contributed by atoms with Gasteiger partial charge < -0.3 is 15.0 Å². The predicted octanol–water partition coefficient (Wildman–Crippen LogP) is 2.51. The maximum absolute atomic E-state index is 13.0. The first-order valence-electron chi connectivity index (χ1n) is 8.77. The Hall–Kier alpha value is -2.54. The lowest BCUT2D eigenvalue weighted by atomic mass is 10.1. The second-order valence-electron chi connectivity index (χ2n) is 6.54. The first kappa shape index (κ1) is 18.3. The van der Waals surface area contributed by atoms with Gasteiger partial charge in [-0.15, -0.1) is 0 Å². The van der Waals surface area contributed by atoms with Crippen LogP contribution in [-0.4, -0.2) is 42.2 Å². The third-order valence-corrected chi connectivity index (χ3v) is 4.22. The number of carbonyl (C=O) groups is 1. The number of morpholine rings is 1. The summed E-state index contributed by atoms with van der Waals surface area (Å²) in [5.41, 5.74) is 1.99. The average molecular weight is 358 g/mol. The quantitative estimate of drug-likeness (QED) is 0.890. The van der Waals surface area contributed by atoms with Crippen LogP contribution >= 0.6 is 0 Å². The molecule has 0 unspecified atom stereocenters. The van der Waals surface area contributed by atoms with Crippen molar-refractivity contribution < 1.29 is 13.9 Å². The standard InChI is InChI=1S/C19H23FN4O2/c1-13(2)16-11-17(23-19(22-16)24-7-9-26-10-8-24)18(25)21-12-14-3-5-15(20)6-4-14/h3-6,11,13H,7-10,12H2,1-2H3,(H,21,25). The highest BCUT2D eigenvalue weighted by Crippen LogP contribution is 2.18. The van der Waals surface area contributed by atoms with Crippen molar-refractivity contribution in [3.8, 4) is 0 Å². The fourth-order valence-electron chi connectivity index (χ4n) is 2.64. The van der Waals surface area contributed by atoms with Crippen LogP contribution < -0.4 is 10.2 Å². The molecule has 6 nitrogen and oxygen atoms in total. The van der Waals surface area contributed by atoms with E-state index in [-0.39, 0.29) is 17.6 Å². The van der Waals surface area contributed by atoms with Crippen LogP contribution in [0.2, 0.25) is 0 Å². The largest absolute Gasteiger partial charge is 0.378 e. The van der Waals surface area contributed by atoms with Gasteiger partial charge in [0, 0.05) is 25.3 Å². The van der Waals surface area contributed by atoms with Gasteiger partial charge >= 0.3 is 0 Å². The minimum absolute atomic E-state index is 0.182. The van der Waals surface area contributed by atoms with Gasteiger partial charge in [-0.2, -0.15) is 0 Å². The molecular weight excluding hydrogens is 335 g/mol. The van der Waals surface area contributed by atoms with Gasteiger partial charge in [-0.05, 0) is 29.7 Å². The number of anilines is 1. The number of halogens is 1. The van der Waals surface area contributed by atoms with E-state index in [0.29, 0.717) is 44.5 Å². The summed E-state index contributed by atoms with van der Waals surface area (Å²) in [5, 5.41) is 2.84. The highest BCUT2D eigenvalue weighted by atomic mass is 19.1. The molecule has 1 aliphatic rings. The Labute approximate surface area is 152 Å². The topological polar surface area (TPSA) is 67.4 Å². The molecular formula is C19H23FN4O2. The Morgan fingerprint density at radius 2 is 1.92 bits per heavy atom. The zero-order valence-corrected chi connectivity index (χ0v) is 15.0. The fourth-order valence-corrected chi connectivity index (χ4v) is 2.64. The van der Waals surface area contributed by atoms with Crippen molar-refractivity contribution in [1.29, 1.82) is 0 Å². The van der Waals surface area contributed by atoms with E-state index >= 15 is 0 Å². The van der Waals surface area contributed by atoms with E-state index in [2.05, 4.69) is 15.3 Å². The Kier molecular flexibility index (Phi) is 5.78. The number of ether oxygens (including phenoxy) is 1. The molecule has 1 N–H and O–H groups in total. The third-order valence-electron chi connectivity index (χ3n) is 4.22. The summed E-state index contributed by atoms with van der Waals surface area (Å²) in [6.45, 7) is 7.05. The van der Waals surface area contributed by atoms with Gasteiger partial charge in [0.05, 0.1) is 13.2 Å². The van der Waals surface area contributed by atoms with Crippen LogP contribution in [-0.2, 0) is 11.3 Å². The first-order chi connectivity index (χ1) is 12.5. The van der Waals surface area contributed by atoms with E-state index in [0.717, 1.165) is 11.3 Å². The second kappa shape index (κ2) is 8.23. The lowest BCUT2D eigenvalue weighted by molar-refractivity contribution is 0.0945. The van der Waals surface area contributed by atoms with Crippen molar-refractivity contribution in [2.75, 3.05) is 31.2 Å². The zero-order chi connectivity index (χ0) is 18.5. The number of hydrogen-bond donors (Lipinski definition) is 1. The van der Waals surface area contributed by atoms with E-state index in [1.165, 1.54) is 12.1 Å². The molecule has 1 aromatic heterocycles. The molecule has 3 rings (SSSR count). The number of hydrogen-bond acceptors (Lipinski definition) is 5. The summed E-state index contributed by atoms with van der Waals surface area (Å²) in [6, 6.07) is 7.77. The molecule has 2 aromatic rings. The molecule has 138 valence electrons. The van der Waals surface area contributed by atoms with Gasteiger partial charge in [0.2, 0.25) is 5.95 Å². The molecule has 0 spiro atoms. The Morgan fingerprint density at radius 1 is 1.23 bits per heavy atom. The van der Waals surface area contributed by atoms with Gasteiger partial charge in [0.15, 0.2) is 0 Å². The summed E-state index contributed by atoms with van der Waals surface area (Å²) in [6.07, 6.45) is 0. The Balaban J connectivity index is 1.77. The lowest BCUT2D eigenvalue weighted by Crippen LogP contribution is -2.38. The van der Waals surface area contributed by atoms with Gasteiger partial charge in [-0.25, -0.2) is 14.4 Å². The molecule has 1 amide bonds. The van der Waals surface area contributed by atoms with Crippen LogP contribution in [0.1, 0.15) is 41.5 Å². The van der Waals surface area contributed by atoms with Crippen LogP contribution in [0.3, 0.4) is 0 Å². The molecule has 7 heteroatoms. The Bertz CT molecular complexity index is 759. The lowest BCUT2D eigenvalue weighted by Gasteiger charge is -2.27. The van der Waals surface area contributed by atoms with Crippen LogP contribution in [0.15, 0.2) is 30.3 Å². The van der Waals surface area contributed by atoms with Crippen LogP contribution in [0.25, 0.3) is 0 Å². The normalized spacial score (nSPS) is 14.5. The number of aromatic nitrogens is 2. The maximum atomic E-state index is 13.0. The molecule has 0 saturated carbocycles. The maximum Gasteiger partial charge on any atom is 0.270 e. The van der Waals surface area contributed by atoms with Gasteiger partial charge in [0.1, 0.15) is 11.5 Å². The predicted molar refractivity (Wildman–Crippen MR) is 96.7 cm³/mol. The number of nitrogens with zero attached hydrogens (tertiary/aromatic N) is 3. The van der Waals surface area contributed by atoms with Crippen LogP contribution in [0.5, 0.6) is 0 Å². The average Bonchev–Trinajstić information content (AvgIpc) is 2.67. The van der Waals surface area contributed by atoms with Crippen molar-refractivity contribution in [2.45, 2.75) is 26.3 Å². The van der Waals surface area contributed by atoms with E-state index in [9.17, 15) is 9.18 Å². The fraction of sp³-hybridized carbons (Fsp3) is 0.421. The van der Waals surface area contributed by atoms with Gasteiger partial charge in [-0.3, -0.25) is 4.79 Å². The van der Waals surface area contributed by atoms with E-state index in [1.54, 1.807) is 18.2 Å². The van der Waals surface area contributed by atoms with E-state index in [1.807, 2.05) is 18.7 Å². The van der Waals surface area contributed by atoms with Gasteiger partial charge in [0.25, 0.3) is 5.91 Å². The van der Waals surface area contributed by atoms with E-state index in [4.69, 9.17) is 4.74 Å². The second-order valence-corrected chi connectivity index (χ2v) is 6.54. The van der Waals surface area contributed by atoms with Crippen LogP contribution in [0.4, 0.5) is 10.3 Å². The van der Waals surface area contributed by atoms with Crippen molar-refractivity contribution in [2.24, 2.45) is 0 Å². The zero-order valence-electron chi connectivity index (χ0n) is 15.0. The SMILES string of the molecule is CC(C)c1cc(C(=O)NCc2ccc(F)cc2)nc(N2CCOCC2)n1. The highest BCUT2D eigenvalue weighted by Gasteiger charge is 2.19. The molecule has 0 bridgehead atoms. The minimum Gasteiger partial charge on any atom is -0.378 e. The number of carbonyl (C=O) groups excluding carboxylic acids is 1. The molecule has 0 aliphatic carbocycles. The Morgan fingerprint density at radius 3 is 2.58 bits per heavy atom. The molecule has 0 radical (unpaired) electrons. The molecule has 26 heavy (non-hydrogen) atoms. The highest BCUT2D eigenvalue weighted by molar-refractivity contribution is 5.92. The van der Waals surface area contributed by atoms with Crippen molar-refractivity contribution in [3.63, 3.8) is 0 Å². The van der Waals surface area contributed by atoms with Crippen molar-refractivity contribution in [3.05, 3.63) is 53.1 Å². The van der Waals surface area contributed by atoms with E-state index < -0.39 is 0 Å². The first-order valence-corrected chi connectivity index (χ1v) is 8.77. The molecule has 2 heterocycles. The number of nitrogens with one attached hydrogen (secondary N) is 1. The van der Waals surface area contributed by atoms with Crippen molar-refractivity contribution >= 4 is 11.9 Å². The number of rotatable bonds is 5. The smallest absolute Gasteiger partial charge is 0.270 e. The van der Waals surface area contributed by atoms with Gasteiger partial charge in [-0.1, -0.05) is 26.0 Å². The third kappa shape index (κ3) is 4.54. The summed E-state index contributed by atoms with van der Waals surface area (Å²) in [7, 11) is 0. The summed E-state index contributed by atoms with van der Waals surface area (Å²) < 4.78 is 18.3. The molecule has 1 aromatic carbocycles. The molecule has 1 aliphatic heterocycles. The molecule has 1 fully saturated rings. The summed E-state index contributed by atoms with van der Waals surface area (Å²) in [4.78, 5) is 23.7.